The lowest BCUT2D eigenvalue weighted by Crippen LogP contribution is -2.50. The molecule has 0 saturated carbocycles. The standard InChI is InChI=1S/C20H16BrClN2O2/c21-17-6-4-16(5-7-17)20(26)24-13-11-23(12-14-24)19(25)10-3-15-1-8-18(22)9-2-15/h1-2,4-9H,11-14H2. The topological polar surface area (TPSA) is 40.6 Å². The number of benzene rings is 2. The van der Waals surface area contributed by atoms with Crippen LogP contribution < -0.4 is 0 Å². The second-order valence-electron chi connectivity index (χ2n) is 5.85. The molecule has 1 aliphatic heterocycles. The summed E-state index contributed by atoms with van der Waals surface area (Å²) in [4.78, 5) is 28.2. The highest BCUT2D eigenvalue weighted by Gasteiger charge is 2.24. The van der Waals surface area contributed by atoms with Crippen LogP contribution in [0.5, 0.6) is 0 Å². The van der Waals surface area contributed by atoms with Crippen LogP contribution in [0.25, 0.3) is 0 Å². The zero-order valence-electron chi connectivity index (χ0n) is 13.9. The molecule has 0 spiro atoms. The maximum absolute atomic E-state index is 12.5. The Morgan fingerprint density at radius 2 is 1.46 bits per heavy atom. The monoisotopic (exact) mass is 430 g/mol. The maximum Gasteiger partial charge on any atom is 0.298 e. The summed E-state index contributed by atoms with van der Waals surface area (Å²) in [7, 11) is 0. The average molecular weight is 432 g/mol. The van der Waals surface area contributed by atoms with E-state index in [-0.39, 0.29) is 11.8 Å². The van der Waals surface area contributed by atoms with Gasteiger partial charge in [0.25, 0.3) is 11.8 Å². The highest BCUT2D eigenvalue weighted by atomic mass is 79.9. The van der Waals surface area contributed by atoms with Crippen molar-refractivity contribution in [3.63, 3.8) is 0 Å². The Balaban J connectivity index is 1.56. The van der Waals surface area contributed by atoms with Gasteiger partial charge in [0, 0.05) is 52.7 Å². The third-order valence-corrected chi connectivity index (χ3v) is 4.88. The minimum Gasteiger partial charge on any atom is -0.335 e. The molecule has 2 amide bonds. The van der Waals surface area contributed by atoms with Gasteiger partial charge in [0.05, 0.1) is 0 Å². The van der Waals surface area contributed by atoms with E-state index in [1.54, 1.807) is 46.2 Å². The molecule has 2 aromatic rings. The first-order chi connectivity index (χ1) is 12.5. The van der Waals surface area contributed by atoms with Crippen molar-refractivity contribution in [3.05, 3.63) is 69.2 Å². The number of carbonyl (C=O) groups is 2. The summed E-state index contributed by atoms with van der Waals surface area (Å²) in [6, 6.07) is 14.3. The molecule has 0 unspecified atom stereocenters. The molecule has 4 nitrogen and oxygen atoms in total. The minimum absolute atomic E-state index is 0.0168. The first kappa shape index (κ1) is 18.5. The predicted octanol–water partition coefficient (Wildman–Crippen LogP) is 3.44. The molecule has 6 heteroatoms. The molecule has 0 bridgehead atoms. The molecule has 0 radical (unpaired) electrons. The number of halogens is 2. The quantitative estimate of drug-likeness (QED) is 0.649. The highest BCUT2D eigenvalue weighted by Crippen LogP contribution is 2.14. The lowest BCUT2D eigenvalue weighted by atomic mass is 10.2. The fourth-order valence-electron chi connectivity index (χ4n) is 2.63. The molecule has 0 aliphatic carbocycles. The summed E-state index contributed by atoms with van der Waals surface area (Å²) in [6.07, 6.45) is 0. The zero-order valence-corrected chi connectivity index (χ0v) is 16.3. The normalized spacial score (nSPS) is 13.8. The molecule has 1 saturated heterocycles. The van der Waals surface area contributed by atoms with Crippen molar-refractivity contribution in [1.29, 1.82) is 0 Å². The summed E-state index contributed by atoms with van der Waals surface area (Å²) in [5.74, 6) is 5.26. The highest BCUT2D eigenvalue weighted by molar-refractivity contribution is 9.10. The third-order valence-electron chi connectivity index (χ3n) is 4.10. The molecule has 1 fully saturated rings. The maximum atomic E-state index is 12.5. The Hall–Kier alpha value is -2.29. The number of carbonyl (C=O) groups excluding carboxylic acids is 2. The van der Waals surface area contributed by atoms with E-state index in [9.17, 15) is 9.59 Å². The summed E-state index contributed by atoms with van der Waals surface area (Å²) >= 11 is 9.19. The SMILES string of the molecule is O=C(C#Cc1ccc(Cl)cc1)N1CCN(C(=O)c2ccc(Br)cc2)CC1. The van der Waals surface area contributed by atoms with Crippen LogP contribution in [0.4, 0.5) is 0 Å². The number of piperazine rings is 1. The smallest absolute Gasteiger partial charge is 0.298 e. The van der Waals surface area contributed by atoms with Gasteiger partial charge in [-0.05, 0) is 48.5 Å². The van der Waals surface area contributed by atoms with Crippen molar-refractivity contribution in [2.45, 2.75) is 0 Å². The van der Waals surface area contributed by atoms with Crippen LogP contribution in [0.2, 0.25) is 5.02 Å². The van der Waals surface area contributed by atoms with E-state index >= 15 is 0 Å². The van der Waals surface area contributed by atoms with E-state index in [0.717, 1.165) is 10.0 Å². The molecular weight excluding hydrogens is 416 g/mol. The number of hydrogen-bond acceptors (Lipinski definition) is 2. The Labute approximate surface area is 165 Å². The van der Waals surface area contributed by atoms with Crippen LogP contribution in [0.1, 0.15) is 15.9 Å². The number of rotatable bonds is 1. The van der Waals surface area contributed by atoms with Gasteiger partial charge < -0.3 is 9.80 Å². The molecular formula is C20H16BrClN2O2. The van der Waals surface area contributed by atoms with Crippen molar-refractivity contribution in [2.75, 3.05) is 26.2 Å². The second kappa shape index (κ2) is 8.39. The van der Waals surface area contributed by atoms with E-state index in [1.807, 2.05) is 12.1 Å². The largest absolute Gasteiger partial charge is 0.335 e. The van der Waals surface area contributed by atoms with Crippen LogP contribution in [0, 0.1) is 11.8 Å². The Bertz CT molecular complexity index is 861. The molecule has 0 N–H and O–H groups in total. The second-order valence-corrected chi connectivity index (χ2v) is 7.20. The summed E-state index contributed by atoms with van der Waals surface area (Å²) in [6.45, 7) is 1.97. The number of hydrogen-bond donors (Lipinski definition) is 0. The molecule has 26 heavy (non-hydrogen) atoms. The van der Waals surface area contributed by atoms with Gasteiger partial charge in [0.15, 0.2) is 0 Å². The van der Waals surface area contributed by atoms with Gasteiger partial charge >= 0.3 is 0 Å². The number of nitrogens with zero attached hydrogens (tertiary/aromatic N) is 2. The summed E-state index contributed by atoms with van der Waals surface area (Å²) in [5.41, 5.74) is 1.39. The van der Waals surface area contributed by atoms with Gasteiger partial charge in [-0.1, -0.05) is 33.5 Å². The number of amides is 2. The average Bonchev–Trinajstić information content (AvgIpc) is 2.67. The van der Waals surface area contributed by atoms with Crippen molar-refractivity contribution >= 4 is 39.3 Å². The van der Waals surface area contributed by atoms with E-state index in [2.05, 4.69) is 27.8 Å². The third kappa shape index (κ3) is 4.66. The van der Waals surface area contributed by atoms with Crippen molar-refractivity contribution in [3.8, 4) is 11.8 Å². The molecule has 2 aromatic carbocycles. The molecule has 1 heterocycles. The van der Waals surface area contributed by atoms with Gasteiger partial charge in [0.1, 0.15) is 0 Å². The lowest BCUT2D eigenvalue weighted by molar-refractivity contribution is -0.126. The van der Waals surface area contributed by atoms with E-state index < -0.39 is 0 Å². The van der Waals surface area contributed by atoms with Crippen LogP contribution in [0.15, 0.2) is 53.0 Å². The minimum atomic E-state index is -0.226. The van der Waals surface area contributed by atoms with Crippen LogP contribution in [-0.2, 0) is 4.79 Å². The van der Waals surface area contributed by atoms with Gasteiger partial charge in [0.2, 0.25) is 0 Å². The van der Waals surface area contributed by atoms with Gasteiger partial charge in [-0.25, -0.2) is 0 Å². The first-order valence-corrected chi connectivity index (χ1v) is 9.31. The van der Waals surface area contributed by atoms with Crippen molar-refractivity contribution in [1.82, 2.24) is 9.80 Å². The van der Waals surface area contributed by atoms with E-state index in [4.69, 9.17) is 11.6 Å². The van der Waals surface area contributed by atoms with Crippen LogP contribution >= 0.6 is 27.5 Å². The zero-order chi connectivity index (χ0) is 18.5. The summed E-state index contributed by atoms with van der Waals surface area (Å²) < 4.78 is 0.934. The Morgan fingerprint density at radius 3 is 2.08 bits per heavy atom. The molecule has 1 aliphatic rings. The predicted molar refractivity (Wildman–Crippen MR) is 105 cm³/mol. The van der Waals surface area contributed by atoms with E-state index in [1.165, 1.54) is 0 Å². The lowest BCUT2D eigenvalue weighted by Gasteiger charge is -2.33. The molecule has 0 atom stereocenters. The van der Waals surface area contributed by atoms with Gasteiger partial charge in [-0.2, -0.15) is 0 Å². The summed E-state index contributed by atoms with van der Waals surface area (Å²) in [5, 5.41) is 0.633. The van der Waals surface area contributed by atoms with E-state index in [0.29, 0.717) is 36.8 Å². The first-order valence-electron chi connectivity index (χ1n) is 8.14. The van der Waals surface area contributed by atoms with Gasteiger partial charge in [-0.3, -0.25) is 9.59 Å². The van der Waals surface area contributed by atoms with Crippen molar-refractivity contribution < 1.29 is 9.59 Å². The van der Waals surface area contributed by atoms with Crippen LogP contribution in [-0.4, -0.2) is 47.8 Å². The fourth-order valence-corrected chi connectivity index (χ4v) is 3.02. The Kier molecular flexibility index (Phi) is 5.97. The fraction of sp³-hybridized carbons (Fsp3) is 0.200. The molecule has 0 aromatic heterocycles. The van der Waals surface area contributed by atoms with Gasteiger partial charge in [-0.15, -0.1) is 0 Å². The van der Waals surface area contributed by atoms with Crippen molar-refractivity contribution in [2.24, 2.45) is 0 Å². The Morgan fingerprint density at radius 1 is 0.885 bits per heavy atom. The molecule has 132 valence electrons. The van der Waals surface area contributed by atoms with Crippen LogP contribution in [0.3, 0.4) is 0 Å². The molecule has 3 rings (SSSR count).